The largest absolute Gasteiger partial charge is 0.272 e. The second-order valence-electron chi connectivity index (χ2n) is 6.22. The summed E-state index contributed by atoms with van der Waals surface area (Å²) in [6.07, 6.45) is 15.6. The molecule has 0 amide bonds. The average Bonchev–Trinajstić information content (AvgIpc) is 2.93. The first kappa shape index (κ1) is 25.1. The first-order valence-electron chi connectivity index (χ1n) is 8.67. The summed E-state index contributed by atoms with van der Waals surface area (Å²) in [5.41, 5.74) is 3.47. The van der Waals surface area contributed by atoms with Gasteiger partial charge in [-0.3, -0.25) is 4.74 Å². The topological polar surface area (TPSA) is 12.4 Å². The van der Waals surface area contributed by atoms with Crippen molar-refractivity contribution in [2.45, 2.75) is 60.3 Å². The van der Waals surface area contributed by atoms with Crippen LogP contribution >= 0.6 is 7.05 Å². The zero-order chi connectivity index (χ0) is 17.0. The molecule has 3 heteroatoms. The molecule has 1 aliphatic carbocycles. The van der Waals surface area contributed by atoms with Crippen molar-refractivity contribution in [1.29, 1.82) is 0 Å². The molecule has 130 valence electrons. The average molecular weight is 369 g/mol. The van der Waals surface area contributed by atoms with E-state index in [1.54, 1.807) is 0 Å². The minimum atomic E-state index is -1.03. The molecule has 0 bridgehead atoms. The van der Waals surface area contributed by atoms with Crippen molar-refractivity contribution in [1.82, 2.24) is 0 Å². The molecule has 0 heterocycles. The van der Waals surface area contributed by atoms with Crippen LogP contribution < -0.4 is 0 Å². The van der Waals surface area contributed by atoms with Crippen molar-refractivity contribution >= 4 is 7.05 Å². The van der Waals surface area contributed by atoms with Gasteiger partial charge >= 0.3 is 0 Å². The first-order chi connectivity index (χ1) is 10.4. The van der Waals surface area contributed by atoms with Crippen LogP contribution in [0.15, 0.2) is 53.0 Å². The van der Waals surface area contributed by atoms with Crippen molar-refractivity contribution in [3.63, 3.8) is 0 Å². The molecule has 0 aromatic heterocycles. The van der Waals surface area contributed by atoms with Crippen LogP contribution in [0.4, 0.5) is 0 Å². The number of rotatable bonds is 8. The molecule has 1 aliphatic rings. The summed E-state index contributed by atoms with van der Waals surface area (Å²) in [7, 11) is -1.03. The second-order valence-corrected chi connectivity index (χ2v) is 9.95. The molecule has 1 nitrogen and oxygen atoms in total. The third kappa shape index (κ3) is 11.1. The van der Waals surface area contributed by atoms with Crippen molar-refractivity contribution in [2.75, 3.05) is 18.5 Å². The monoisotopic (exact) mass is 369 g/mol. The Labute approximate surface area is 160 Å². The van der Waals surface area contributed by atoms with Gasteiger partial charge in [0.05, 0.1) is 0 Å². The van der Waals surface area contributed by atoms with Gasteiger partial charge in [-0.25, -0.2) is 0 Å². The molecule has 0 spiro atoms. The number of hydrogen-bond acceptors (Lipinski definition) is 1. The van der Waals surface area contributed by atoms with Crippen molar-refractivity contribution in [3.8, 4) is 0 Å². The van der Waals surface area contributed by atoms with Crippen LogP contribution in [0, 0.1) is 0 Å². The van der Waals surface area contributed by atoms with Crippen molar-refractivity contribution in [3.05, 3.63) is 48.2 Å². The molecule has 0 aromatic carbocycles. The van der Waals surface area contributed by atoms with E-state index in [2.05, 4.69) is 52.2 Å². The Morgan fingerprint density at radius 3 is 1.70 bits per heavy atom. The van der Waals surface area contributed by atoms with Crippen LogP contribution in [-0.4, -0.2) is 18.5 Å². The molecule has 0 atom stereocenters. The van der Waals surface area contributed by atoms with E-state index in [-0.39, 0.29) is 21.7 Å². The Morgan fingerprint density at radius 1 is 1.00 bits per heavy atom. The van der Waals surface area contributed by atoms with Gasteiger partial charge in [0, 0.05) is 33.8 Å². The van der Waals surface area contributed by atoms with Gasteiger partial charge in [0.2, 0.25) is 0 Å². The molecule has 0 aliphatic heterocycles. The fourth-order valence-electron chi connectivity index (χ4n) is 2.52. The smallest absolute Gasteiger partial charge is 0.0425 e. The van der Waals surface area contributed by atoms with Gasteiger partial charge in [-0.2, -0.15) is 0 Å². The molecular weight excluding hydrogens is 333 g/mol. The maximum absolute atomic E-state index is 5.19. The summed E-state index contributed by atoms with van der Waals surface area (Å²) in [6.45, 7) is 18.1. The van der Waals surface area contributed by atoms with Gasteiger partial charge in [-0.15, -0.1) is 0 Å². The maximum Gasteiger partial charge on any atom is 0.0425 e. The number of hydrogen-bond donors (Lipinski definition) is 0. The van der Waals surface area contributed by atoms with Crippen LogP contribution in [0.5, 0.6) is 0 Å². The van der Waals surface area contributed by atoms with Gasteiger partial charge in [-0.05, 0) is 45.5 Å². The van der Waals surface area contributed by atoms with E-state index < -0.39 is 7.05 Å². The quantitative estimate of drug-likeness (QED) is 0.240. The summed E-state index contributed by atoms with van der Waals surface area (Å²) in [5, 5.41) is 0. The standard InChI is InChI=1S/C14H26NP.C6H10.Ti/c1-4-11-16(12-5-2,13-6-3)15-14-9-7-8-10-14;1-5(2)6(3)4;/h7-9H,4-6,10-13H2,1-3H3;1,3H2,2,4H3;. The Kier molecular flexibility index (Phi) is 15.6. The molecule has 0 N–H and O–H groups in total. The zero-order valence-electron chi connectivity index (χ0n) is 16.0. The summed E-state index contributed by atoms with van der Waals surface area (Å²) in [5.74, 6) is 0. The van der Waals surface area contributed by atoms with Gasteiger partial charge < -0.3 is 0 Å². The van der Waals surface area contributed by atoms with E-state index >= 15 is 0 Å². The molecule has 0 fully saturated rings. The predicted octanol–water partition coefficient (Wildman–Crippen LogP) is 7.40. The molecule has 0 saturated heterocycles. The summed E-state index contributed by atoms with van der Waals surface area (Å²) in [4.78, 5) is 0. The Bertz CT molecular complexity index is 436. The van der Waals surface area contributed by atoms with Gasteiger partial charge in [0.1, 0.15) is 0 Å². The minimum Gasteiger partial charge on any atom is -0.272 e. The van der Waals surface area contributed by atoms with E-state index in [9.17, 15) is 0 Å². The summed E-state index contributed by atoms with van der Waals surface area (Å²) in [6, 6.07) is 0. The van der Waals surface area contributed by atoms with Crippen molar-refractivity contribution < 1.29 is 21.7 Å². The Balaban J connectivity index is 0. The van der Waals surface area contributed by atoms with Gasteiger partial charge in [0.25, 0.3) is 0 Å². The Hall–Kier alpha value is -0.0957. The minimum absolute atomic E-state index is 0. The first-order valence-corrected chi connectivity index (χ1v) is 11.0. The fraction of sp³-hybridized carbons (Fsp3) is 0.600. The van der Waals surface area contributed by atoms with E-state index in [0.29, 0.717) is 0 Å². The third-order valence-electron chi connectivity index (χ3n) is 3.74. The molecule has 1 rings (SSSR count). The summed E-state index contributed by atoms with van der Waals surface area (Å²) >= 11 is 0. The Morgan fingerprint density at radius 2 is 1.43 bits per heavy atom. The van der Waals surface area contributed by atoms with E-state index in [1.165, 1.54) is 43.4 Å². The summed E-state index contributed by atoms with van der Waals surface area (Å²) < 4.78 is 5.19. The number of allylic oxidation sites excluding steroid dienone is 5. The maximum atomic E-state index is 5.19. The fourth-order valence-corrected chi connectivity index (χ4v) is 6.68. The van der Waals surface area contributed by atoms with Gasteiger partial charge in [-0.1, -0.05) is 76.5 Å². The van der Waals surface area contributed by atoms with E-state index in [0.717, 1.165) is 17.6 Å². The van der Waals surface area contributed by atoms with Crippen LogP contribution in [-0.2, 0) is 21.7 Å². The normalized spacial score (nSPS) is 12.7. The number of nitrogens with zero attached hydrogens (tertiary/aromatic N) is 1. The molecule has 23 heavy (non-hydrogen) atoms. The SMILES string of the molecule is C=C(C)C(=C)C.CCCP(CCC)(CCC)=NC1=CC=CC1.[Ti]. The molecule has 0 radical (unpaired) electrons. The van der Waals surface area contributed by atoms with Crippen LogP contribution in [0.25, 0.3) is 0 Å². The van der Waals surface area contributed by atoms with E-state index in [4.69, 9.17) is 4.74 Å². The molecule has 0 unspecified atom stereocenters. The van der Waals surface area contributed by atoms with Crippen LogP contribution in [0.3, 0.4) is 0 Å². The van der Waals surface area contributed by atoms with E-state index in [1.807, 2.05) is 13.8 Å². The molecular formula is C20H36NPTi. The van der Waals surface area contributed by atoms with Crippen LogP contribution in [0.2, 0.25) is 0 Å². The van der Waals surface area contributed by atoms with Crippen LogP contribution in [0.1, 0.15) is 60.3 Å². The third-order valence-corrected chi connectivity index (χ3v) is 8.26. The molecule has 0 aromatic rings. The zero-order valence-corrected chi connectivity index (χ0v) is 18.4. The second kappa shape index (κ2) is 14.3. The van der Waals surface area contributed by atoms with Crippen molar-refractivity contribution in [2.24, 2.45) is 4.74 Å². The predicted molar refractivity (Wildman–Crippen MR) is 106 cm³/mol. The molecule has 0 saturated carbocycles. The van der Waals surface area contributed by atoms with Gasteiger partial charge in [0.15, 0.2) is 0 Å².